The van der Waals surface area contributed by atoms with Gasteiger partial charge in [-0.05, 0) is 35.7 Å². The van der Waals surface area contributed by atoms with E-state index in [0.717, 1.165) is 34.5 Å². The monoisotopic (exact) mass is 498 g/mol. The highest BCUT2D eigenvalue weighted by Crippen LogP contribution is 2.38. The number of nitrogens with zero attached hydrogens (tertiary/aromatic N) is 3. The minimum absolute atomic E-state index is 0.00239. The summed E-state index contributed by atoms with van der Waals surface area (Å²) in [4.78, 5) is 34.6. The number of amides is 2. The van der Waals surface area contributed by atoms with Crippen LogP contribution in [-0.2, 0) is 22.6 Å². The fourth-order valence-electron chi connectivity index (χ4n) is 5.72. The van der Waals surface area contributed by atoms with Crippen molar-refractivity contribution in [3.05, 3.63) is 77.0 Å². The molecule has 3 N–H and O–H groups in total. The maximum atomic E-state index is 13.7. The number of hydrogen-bond acceptors (Lipinski definition) is 6. The number of rotatable bonds is 3. The normalized spacial score (nSPS) is 20.5. The Morgan fingerprint density at radius 1 is 1.08 bits per heavy atom. The van der Waals surface area contributed by atoms with Gasteiger partial charge in [-0.1, -0.05) is 12.1 Å². The zero-order valence-corrected chi connectivity index (χ0v) is 19.8. The van der Waals surface area contributed by atoms with Crippen LogP contribution < -0.4 is 16.0 Å². The number of ether oxygens (including phenoxy) is 1. The summed E-state index contributed by atoms with van der Waals surface area (Å²) in [6, 6.07) is 10.5. The molecule has 37 heavy (non-hydrogen) atoms. The lowest BCUT2D eigenvalue weighted by Crippen LogP contribution is -2.37. The van der Waals surface area contributed by atoms with Crippen LogP contribution in [0.4, 0.5) is 15.9 Å². The minimum atomic E-state index is -0.355. The van der Waals surface area contributed by atoms with Gasteiger partial charge in [-0.2, -0.15) is 0 Å². The molecule has 186 valence electrons. The molecule has 4 aromatic rings. The van der Waals surface area contributed by atoms with Crippen molar-refractivity contribution < 1.29 is 18.7 Å². The number of aromatic nitrogens is 3. The van der Waals surface area contributed by atoms with E-state index in [9.17, 15) is 14.0 Å². The third kappa shape index (κ3) is 3.55. The van der Waals surface area contributed by atoms with Crippen LogP contribution in [-0.4, -0.2) is 39.4 Å². The molecule has 0 saturated carbocycles. The van der Waals surface area contributed by atoms with Crippen molar-refractivity contribution in [2.24, 2.45) is 5.92 Å². The Bertz CT molecular complexity index is 1600. The molecule has 2 atom stereocenters. The zero-order chi connectivity index (χ0) is 25.1. The van der Waals surface area contributed by atoms with Crippen LogP contribution in [0.5, 0.6) is 0 Å². The smallest absolute Gasteiger partial charge is 0.254 e. The third-order valence-electron chi connectivity index (χ3n) is 7.51. The number of imidazole rings is 1. The van der Waals surface area contributed by atoms with Gasteiger partial charge in [-0.3, -0.25) is 14.0 Å². The first kappa shape index (κ1) is 21.9. The Hall–Kier alpha value is -4.31. The topological polar surface area (TPSA) is 110 Å². The minimum Gasteiger partial charge on any atom is -0.381 e. The third-order valence-corrected chi connectivity index (χ3v) is 7.51. The van der Waals surface area contributed by atoms with Crippen LogP contribution in [0, 0.1) is 11.7 Å². The van der Waals surface area contributed by atoms with E-state index in [0.29, 0.717) is 49.0 Å². The molecule has 0 unspecified atom stereocenters. The highest BCUT2D eigenvalue weighted by atomic mass is 19.1. The van der Waals surface area contributed by atoms with Gasteiger partial charge < -0.3 is 20.7 Å². The zero-order valence-electron chi connectivity index (χ0n) is 19.8. The molecule has 0 spiro atoms. The van der Waals surface area contributed by atoms with Crippen molar-refractivity contribution in [1.82, 2.24) is 25.0 Å². The quantitative estimate of drug-likeness (QED) is 0.400. The molecule has 1 aromatic carbocycles. The van der Waals surface area contributed by atoms with Gasteiger partial charge in [0.25, 0.3) is 5.91 Å². The summed E-state index contributed by atoms with van der Waals surface area (Å²) in [5.74, 6) is -0.0547. The summed E-state index contributed by atoms with van der Waals surface area (Å²) >= 11 is 0. The van der Waals surface area contributed by atoms with E-state index < -0.39 is 0 Å². The molecule has 1 fully saturated rings. The molecular weight excluding hydrogens is 475 g/mol. The highest BCUT2D eigenvalue weighted by Gasteiger charge is 2.36. The Morgan fingerprint density at radius 2 is 2.00 bits per heavy atom. The maximum absolute atomic E-state index is 13.7. The van der Waals surface area contributed by atoms with Gasteiger partial charge in [-0.25, -0.2) is 14.4 Å². The van der Waals surface area contributed by atoms with Gasteiger partial charge in [0.15, 0.2) is 0 Å². The first-order chi connectivity index (χ1) is 18.1. The van der Waals surface area contributed by atoms with Gasteiger partial charge in [0.1, 0.15) is 17.3 Å². The fraction of sp³-hybridized carbons (Fsp3) is 0.259. The molecule has 6 heterocycles. The van der Waals surface area contributed by atoms with E-state index in [2.05, 4.69) is 20.9 Å². The molecule has 1 saturated heterocycles. The molecule has 0 aliphatic carbocycles. The van der Waals surface area contributed by atoms with Crippen LogP contribution in [0.15, 0.2) is 48.8 Å². The van der Waals surface area contributed by atoms with Gasteiger partial charge in [0.05, 0.1) is 47.9 Å². The van der Waals surface area contributed by atoms with Gasteiger partial charge in [0, 0.05) is 36.9 Å². The second-order valence-corrected chi connectivity index (χ2v) is 9.57. The summed E-state index contributed by atoms with van der Waals surface area (Å²) in [5.41, 5.74) is 6.04. The predicted octanol–water partition coefficient (Wildman–Crippen LogP) is 3.27. The number of carbonyl (C=O) groups is 2. The summed E-state index contributed by atoms with van der Waals surface area (Å²) in [5, 5.41) is 9.22. The molecule has 10 heteroatoms. The Kier molecular flexibility index (Phi) is 4.97. The van der Waals surface area contributed by atoms with Crippen LogP contribution >= 0.6 is 0 Å². The first-order valence-electron chi connectivity index (χ1n) is 12.3. The lowest BCUT2D eigenvalue weighted by molar-refractivity contribution is -0.129. The second kappa shape index (κ2) is 8.38. The van der Waals surface area contributed by atoms with E-state index in [1.807, 2.05) is 24.3 Å². The van der Waals surface area contributed by atoms with E-state index in [-0.39, 0.29) is 29.5 Å². The first-order valence-corrected chi connectivity index (χ1v) is 12.3. The summed E-state index contributed by atoms with van der Waals surface area (Å²) in [7, 11) is 0. The number of pyridine rings is 2. The number of halogens is 1. The lowest BCUT2D eigenvalue weighted by Gasteiger charge is -2.29. The number of benzene rings is 1. The maximum Gasteiger partial charge on any atom is 0.254 e. The van der Waals surface area contributed by atoms with Gasteiger partial charge >= 0.3 is 0 Å². The molecule has 3 aliphatic heterocycles. The summed E-state index contributed by atoms with van der Waals surface area (Å²) < 4.78 is 21.0. The highest BCUT2D eigenvalue weighted by molar-refractivity contribution is 6.06. The van der Waals surface area contributed by atoms with Crippen LogP contribution in [0.2, 0.25) is 0 Å². The number of fused-ring (bicyclic) bond motifs is 5. The number of nitrogens with one attached hydrogen (secondary N) is 3. The van der Waals surface area contributed by atoms with Crippen molar-refractivity contribution in [2.45, 2.75) is 25.4 Å². The van der Waals surface area contributed by atoms with E-state index in [1.165, 1.54) is 12.1 Å². The van der Waals surface area contributed by atoms with Crippen LogP contribution in [0.1, 0.15) is 39.5 Å². The SMILES string of the molecule is O=C1NCc2c(-c3cnc4cc(F)ccn34)ccc(Nc3ccc4c(n3)CNC(=O)[C@H]3COCC[C@@H]43)c21. The molecule has 9 nitrogen and oxygen atoms in total. The molecule has 3 aliphatic rings. The molecule has 3 aromatic heterocycles. The van der Waals surface area contributed by atoms with Crippen LogP contribution in [0.25, 0.3) is 16.9 Å². The van der Waals surface area contributed by atoms with Crippen LogP contribution in [0.3, 0.4) is 0 Å². The molecule has 0 radical (unpaired) electrons. The standard InChI is InChI=1S/C27H23FN6O3/c28-14-5-7-34-22(12-29-24(34)9-14)17-1-3-20(25-18(17)10-30-27(25)36)32-23-4-2-16-15-6-8-37-13-19(15)26(35)31-11-21(16)33-23/h1-5,7,9,12,15,19H,6,8,10-11,13H2,(H,30,36)(H,31,35)(H,32,33)/t15-,19-/m0/s1. The van der Waals surface area contributed by atoms with Crippen molar-refractivity contribution in [1.29, 1.82) is 0 Å². The lowest BCUT2D eigenvalue weighted by atomic mass is 9.82. The Labute approximate surface area is 211 Å². The Balaban J connectivity index is 1.25. The molecular formula is C27H23FN6O3. The van der Waals surface area contributed by atoms with Crippen molar-refractivity contribution >= 4 is 29.0 Å². The predicted molar refractivity (Wildman–Crippen MR) is 133 cm³/mol. The summed E-state index contributed by atoms with van der Waals surface area (Å²) in [6.45, 7) is 1.78. The average molecular weight is 499 g/mol. The molecule has 2 amide bonds. The van der Waals surface area contributed by atoms with Crippen molar-refractivity contribution in [3.8, 4) is 11.3 Å². The van der Waals surface area contributed by atoms with Crippen molar-refractivity contribution in [2.75, 3.05) is 18.5 Å². The van der Waals surface area contributed by atoms with Crippen molar-refractivity contribution in [3.63, 3.8) is 0 Å². The summed E-state index contributed by atoms with van der Waals surface area (Å²) in [6.07, 6.45) is 4.11. The van der Waals surface area contributed by atoms with E-state index in [4.69, 9.17) is 9.72 Å². The largest absolute Gasteiger partial charge is 0.381 e. The molecule has 0 bridgehead atoms. The Morgan fingerprint density at radius 3 is 2.92 bits per heavy atom. The van der Waals surface area contributed by atoms with E-state index >= 15 is 0 Å². The van der Waals surface area contributed by atoms with E-state index in [1.54, 1.807) is 16.8 Å². The van der Waals surface area contributed by atoms with Gasteiger partial charge in [0.2, 0.25) is 5.91 Å². The molecule has 7 rings (SSSR count). The number of hydrogen-bond donors (Lipinski definition) is 3. The number of anilines is 2. The second-order valence-electron chi connectivity index (χ2n) is 9.57. The van der Waals surface area contributed by atoms with Gasteiger partial charge in [-0.15, -0.1) is 0 Å². The fourth-order valence-corrected chi connectivity index (χ4v) is 5.72. The number of carbonyl (C=O) groups excluding carboxylic acids is 2. The average Bonchev–Trinajstić information content (AvgIpc) is 3.47.